The van der Waals surface area contributed by atoms with Gasteiger partial charge < -0.3 is 5.73 Å². The lowest BCUT2D eigenvalue weighted by molar-refractivity contribution is 0.614. The van der Waals surface area contributed by atoms with E-state index in [9.17, 15) is 4.39 Å². The quantitative estimate of drug-likeness (QED) is 0.854. The molecule has 2 aromatic rings. The van der Waals surface area contributed by atoms with Crippen LogP contribution in [0.15, 0.2) is 54.6 Å². The fourth-order valence-corrected chi connectivity index (χ4v) is 2.14. The molecule has 0 amide bonds. The average Bonchev–Trinajstić information content (AvgIpc) is 2.42. The summed E-state index contributed by atoms with van der Waals surface area (Å²) in [5, 5.41) is 0. The first-order chi connectivity index (χ1) is 8.79. The van der Waals surface area contributed by atoms with Crippen LogP contribution in [0.25, 0.3) is 0 Å². The highest BCUT2D eigenvalue weighted by Crippen LogP contribution is 2.21. The maximum absolute atomic E-state index is 12.9. The van der Waals surface area contributed by atoms with Crippen molar-refractivity contribution in [1.29, 1.82) is 0 Å². The summed E-state index contributed by atoms with van der Waals surface area (Å²) in [6, 6.07) is 17.0. The van der Waals surface area contributed by atoms with Gasteiger partial charge in [0.05, 0.1) is 0 Å². The van der Waals surface area contributed by atoms with Crippen molar-refractivity contribution in [3.8, 4) is 0 Å². The van der Waals surface area contributed by atoms with E-state index in [1.165, 1.54) is 17.7 Å². The van der Waals surface area contributed by atoms with Crippen LogP contribution < -0.4 is 5.73 Å². The van der Waals surface area contributed by atoms with Crippen LogP contribution in [0.5, 0.6) is 0 Å². The van der Waals surface area contributed by atoms with E-state index in [1.54, 1.807) is 0 Å². The molecule has 1 atom stereocenters. The summed E-state index contributed by atoms with van der Waals surface area (Å²) in [5.41, 5.74) is 8.25. The highest BCUT2D eigenvalue weighted by atomic mass is 19.1. The summed E-state index contributed by atoms with van der Waals surface area (Å²) in [6.45, 7) is 0.596. The molecule has 2 N–H and O–H groups in total. The molecule has 0 fully saturated rings. The summed E-state index contributed by atoms with van der Waals surface area (Å²) >= 11 is 0. The topological polar surface area (TPSA) is 26.0 Å². The smallest absolute Gasteiger partial charge is 0.123 e. The molecule has 0 heterocycles. The molecule has 0 aliphatic heterocycles. The molecule has 0 bridgehead atoms. The van der Waals surface area contributed by atoms with Crippen LogP contribution in [0.1, 0.15) is 23.5 Å². The van der Waals surface area contributed by atoms with Crippen molar-refractivity contribution >= 4 is 0 Å². The number of hydrogen-bond donors (Lipinski definition) is 1. The van der Waals surface area contributed by atoms with Gasteiger partial charge in [0.1, 0.15) is 5.82 Å². The molecule has 0 saturated carbocycles. The fourth-order valence-electron chi connectivity index (χ4n) is 2.14. The first-order valence-corrected chi connectivity index (χ1v) is 6.29. The SMILES string of the molecule is NCC(CCc1ccccc1)c1ccc(F)cc1. The number of rotatable bonds is 5. The van der Waals surface area contributed by atoms with Gasteiger partial charge in [0.25, 0.3) is 0 Å². The minimum atomic E-state index is -0.197. The molecule has 2 aromatic carbocycles. The number of halogens is 1. The molecule has 2 heteroatoms. The Morgan fingerprint density at radius 2 is 1.61 bits per heavy atom. The zero-order valence-corrected chi connectivity index (χ0v) is 10.4. The molecular weight excluding hydrogens is 225 g/mol. The molecule has 0 radical (unpaired) electrons. The molecular formula is C16H18FN. The molecule has 2 rings (SSSR count). The van der Waals surface area contributed by atoms with Gasteiger partial charge in [-0.3, -0.25) is 0 Å². The molecule has 94 valence electrons. The molecule has 0 aromatic heterocycles. The zero-order chi connectivity index (χ0) is 12.8. The van der Waals surface area contributed by atoms with E-state index in [2.05, 4.69) is 12.1 Å². The van der Waals surface area contributed by atoms with Crippen molar-refractivity contribution in [2.75, 3.05) is 6.54 Å². The van der Waals surface area contributed by atoms with Crippen molar-refractivity contribution in [1.82, 2.24) is 0 Å². The average molecular weight is 243 g/mol. The Morgan fingerprint density at radius 3 is 2.22 bits per heavy atom. The highest BCUT2D eigenvalue weighted by Gasteiger charge is 2.09. The second kappa shape index (κ2) is 6.31. The van der Waals surface area contributed by atoms with Crippen LogP contribution in [-0.4, -0.2) is 6.54 Å². The maximum Gasteiger partial charge on any atom is 0.123 e. The third-order valence-corrected chi connectivity index (χ3v) is 3.25. The third-order valence-electron chi connectivity index (χ3n) is 3.25. The van der Waals surface area contributed by atoms with Crippen molar-refractivity contribution in [2.45, 2.75) is 18.8 Å². The van der Waals surface area contributed by atoms with Crippen molar-refractivity contribution in [2.24, 2.45) is 5.73 Å². The van der Waals surface area contributed by atoms with Gasteiger partial charge in [0.15, 0.2) is 0 Å². The third kappa shape index (κ3) is 3.41. The predicted molar refractivity (Wildman–Crippen MR) is 73.0 cm³/mol. The number of aryl methyl sites for hydroxylation is 1. The van der Waals surface area contributed by atoms with Crippen molar-refractivity contribution < 1.29 is 4.39 Å². The molecule has 1 nitrogen and oxygen atoms in total. The van der Waals surface area contributed by atoms with E-state index in [4.69, 9.17) is 5.73 Å². The predicted octanol–water partition coefficient (Wildman–Crippen LogP) is 3.50. The van der Waals surface area contributed by atoms with Gasteiger partial charge in [0, 0.05) is 0 Å². The van der Waals surface area contributed by atoms with Crippen LogP contribution in [0.2, 0.25) is 0 Å². The van der Waals surface area contributed by atoms with Crippen molar-refractivity contribution in [3.63, 3.8) is 0 Å². The van der Waals surface area contributed by atoms with Gasteiger partial charge in [-0.2, -0.15) is 0 Å². The lowest BCUT2D eigenvalue weighted by Crippen LogP contribution is -2.13. The summed E-state index contributed by atoms with van der Waals surface area (Å²) in [5.74, 6) is 0.100. The molecule has 1 unspecified atom stereocenters. The summed E-state index contributed by atoms with van der Waals surface area (Å²) in [7, 11) is 0. The summed E-state index contributed by atoms with van der Waals surface area (Å²) in [6.07, 6.45) is 1.99. The van der Waals surface area contributed by atoms with Crippen LogP contribution in [0.4, 0.5) is 4.39 Å². The van der Waals surface area contributed by atoms with Crippen LogP contribution >= 0.6 is 0 Å². The van der Waals surface area contributed by atoms with E-state index >= 15 is 0 Å². The molecule has 18 heavy (non-hydrogen) atoms. The van der Waals surface area contributed by atoms with Gasteiger partial charge >= 0.3 is 0 Å². The number of hydrogen-bond acceptors (Lipinski definition) is 1. The van der Waals surface area contributed by atoms with Crippen molar-refractivity contribution in [3.05, 3.63) is 71.5 Å². The Labute approximate surface area is 107 Å². The lowest BCUT2D eigenvalue weighted by atomic mass is 9.92. The molecule has 0 saturated heterocycles. The fraction of sp³-hybridized carbons (Fsp3) is 0.250. The summed E-state index contributed by atoms with van der Waals surface area (Å²) in [4.78, 5) is 0. The zero-order valence-electron chi connectivity index (χ0n) is 10.4. The van der Waals surface area contributed by atoms with Crippen LogP contribution in [0, 0.1) is 5.82 Å². The number of benzene rings is 2. The van der Waals surface area contributed by atoms with E-state index < -0.39 is 0 Å². The summed E-state index contributed by atoms with van der Waals surface area (Å²) < 4.78 is 12.9. The molecule has 0 spiro atoms. The van der Waals surface area contributed by atoms with Gasteiger partial charge in [0.2, 0.25) is 0 Å². The standard InChI is InChI=1S/C16H18FN/c17-16-10-8-14(9-11-16)15(12-18)7-6-13-4-2-1-3-5-13/h1-5,8-11,15H,6-7,12,18H2. The van der Waals surface area contributed by atoms with Crippen LogP contribution in [0.3, 0.4) is 0 Å². The van der Waals surface area contributed by atoms with Crippen LogP contribution in [-0.2, 0) is 6.42 Å². The maximum atomic E-state index is 12.9. The Hall–Kier alpha value is -1.67. The van der Waals surface area contributed by atoms with Gasteiger partial charge in [-0.25, -0.2) is 4.39 Å². The molecule has 0 aliphatic carbocycles. The van der Waals surface area contributed by atoms with Gasteiger partial charge in [-0.05, 0) is 48.6 Å². The van der Waals surface area contributed by atoms with Gasteiger partial charge in [-0.15, -0.1) is 0 Å². The highest BCUT2D eigenvalue weighted by molar-refractivity contribution is 5.22. The van der Waals surface area contributed by atoms with E-state index in [0.29, 0.717) is 12.5 Å². The first-order valence-electron chi connectivity index (χ1n) is 6.29. The Balaban J connectivity index is 1.99. The second-order valence-corrected chi connectivity index (χ2v) is 4.51. The Kier molecular flexibility index (Phi) is 4.48. The van der Waals surface area contributed by atoms with E-state index in [0.717, 1.165) is 18.4 Å². The minimum absolute atomic E-state index is 0.197. The lowest BCUT2D eigenvalue weighted by Gasteiger charge is -2.15. The first kappa shape index (κ1) is 12.8. The molecule has 0 aliphatic rings. The Morgan fingerprint density at radius 1 is 0.944 bits per heavy atom. The normalized spacial score (nSPS) is 12.3. The van der Waals surface area contributed by atoms with E-state index in [-0.39, 0.29) is 5.82 Å². The second-order valence-electron chi connectivity index (χ2n) is 4.51. The van der Waals surface area contributed by atoms with Gasteiger partial charge in [-0.1, -0.05) is 42.5 Å². The minimum Gasteiger partial charge on any atom is -0.330 e. The van der Waals surface area contributed by atoms with E-state index in [1.807, 2.05) is 30.3 Å². The monoisotopic (exact) mass is 243 g/mol. The largest absolute Gasteiger partial charge is 0.330 e. The number of nitrogens with two attached hydrogens (primary N) is 1. The Bertz CT molecular complexity index is 464.